The van der Waals surface area contributed by atoms with Gasteiger partial charge >= 0.3 is 5.97 Å². The van der Waals surface area contributed by atoms with E-state index in [1.807, 2.05) is 91.8 Å². The Kier molecular flexibility index (Phi) is 8.78. The Labute approximate surface area is 206 Å². The highest BCUT2D eigenvalue weighted by molar-refractivity contribution is 5.86. The molecule has 0 saturated heterocycles. The van der Waals surface area contributed by atoms with E-state index in [0.717, 1.165) is 34.0 Å². The van der Waals surface area contributed by atoms with Gasteiger partial charge in [0.25, 0.3) is 0 Å². The zero-order valence-corrected chi connectivity index (χ0v) is 20.3. The summed E-state index contributed by atoms with van der Waals surface area (Å²) < 4.78 is 10.6. The molecule has 1 N–H and O–H groups in total. The summed E-state index contributed by atoms with van der Waals surface area (Å²) >= 11 is 0. The lowest BCUT2D eigenvalue weighted by Crippen LogP contribution is -2.12. The van der Waals surface area contributed by atoms with Crippen LogP contribution in [-0.4, -0.2) is 33.3 Å². The number of ether oxygens (including phenoxy) is 2. The molecule has 0 amide bonds. The maximum atomic E-state index is 11.4. The van der Waals surface area contributed by atoms with Crippen LogP contribution < -0.4 is 15.0 Å². The van der Waals surface area contributed by atoms with Crippen molar-refractivity contribution in [3.05, 3.63) is 97.1 Å². The summed E-state index contributed by atoms with van der Waals surface area (Å²) in [5, 5.41) is 11.9. The van der Waals surface area contributed by atoms with Gasteiger partial charge in [0.05, 0.1) is 11.4 Å². The summed E-state index contributed by atoms with van der Waals surface area (Å²) in [6.07, 6.45) is 0. The molecule has 7 heteroatoms. The van der Waals surface area contributed by atoms with Gasteiger partial charge in [-0.25, -0.2) is 4.79 Å². The van der Waals surface area contributed by atoms with E-state index in [2.05, 4.69) is 28.7 Å². The summed E-state index contributed by atoms with van der Waals surface area (Å²) in [4.78, 5) is 13.4. The van der Waals surface area contributed by atoms with Gasteiger partial charge in [-0.15, -0.1) is 0 Å². The van der Waals surface area contributed by atoms with Crippen LogP contribution in [0.25, 0.3) is 5.70 Å². The number of azo groups is 1. The fourth-order valence-electron chi connectivity index (χ4n) is 2.96. The third kappa shape index (κ3) is 7.85. The van der Waals surface area contributed by atoms with Crippen molar-refractivity contribution < 1.29 is 14.3 Å². The second-order valence-electron chi connectivity index (χ2n) is 8.05. The van der Waals surface area contributed by atoms with Crippen LogP contribution in [0.1, 0.15) is 12.5 Å². The zero-order valence-electron chi connectivity index (χ0n) is 20.3. The largest absolute Gasteiger partial charge is 0.490 e. The molecule has 3 aromatic carbocycles. The molecule has 3 rings (SSSR count). The van der Waals surface area contributed by atoms with Crippen LogP contribution in [0, 0.1) is 0 Å². The summed E-state index contributed by atoms with van der Waals surface area (Å²) in [7, 11) is 4.00. The Bertz CT molecular complexity index is 1180. The van der Waals surface area contributed by atoms with Crippen LogP contribution in [0.15, 0.2) is 102 Å². The number of rotatable bonds is 11. The molecule has 0 heterocycles. The molecule has 0 aliphatic carbocycles. The number of carbonyl (C=O) groups excluding carboxylic acids is 1. The van der Waals surface area contributed by atoms with Gasteiger partial charge in [0, 0.05) is 36.7 Å². The van der Waals surface area contributed by atoms with Crippen LogP contribution in [0.4, 0.5) is 22.7 Å². The number of anilines is 2. The molecule has 35 heavy (non-hydrogen) atoms. The van der Waals surface area contributed by atoms with Crippen molar-refractivity contribution in [1.29, 1.82) is 0 Å². The molecule has 0 aliphatic heterocycles. The fourth-order valence-corrected chi connectivity index (χ4v) is 2.96. The maximum absolute atomic E-state index is 11.4. The van der Waals surface area contributed by atoms with Gasteiger partial charge in [-0.3, -0.25) is 0 Å². The normalized spacial score (nSPS) is 10.6. The van der Waals surface area contributed by atoms with Crippen molar-refractivity contribution in [3.63, 3.8) is 0 Å². The standard InChI is InChI=1S/C28H30N4O3/c1-20(2)28(33)35-19-18-34-27-16-6-22(7-17-27)21(3)29-23-8-10-24(11-9-23)30-31-25-12-14-26(15-13-25)32(4)5/h6-17,29H,1,3,18-19H2,2,4-5H3/b31-30+. The minimum Gasteiger partial charge on any atom is -0.490 e. The Morgan fingerprint density at radius 2 is 1.43 bits per heavy atom. The summed E-state index contributed by atoms with van der Waals surface area (Å²) in [6, 6.07) is 23.0. The van der Waals surface area contributed by atoms with Crippen LogP contribution in [-0.2, 0) is 9.53 Å². The molecule has 0 saturated carbocycles. The minimum atomic E-state index is -0.419. The van der Waals surface area contributed by atoms with Crippen molar-refractivity contribution in [3.8, 4) is 5.75 Å². The molecule has 0 fully saturated rings. The Morgan fingerprint density at radius 1 is 0.857 bits per heavy atom. The van der Waals surface area contributed by atoms with E-state index in [0.29, 0.717) is 11.3 Å². The van der Waals surface area contributed by atoms with Crippen molar-refractivity contribution in [2.24, 2.45) is 10.2 Å². The Hall–Kier alpha value is -4.39. The molecule has 3 aromatic rings. The summed E-state index contributed by atoms with van der Waals surface area (Å²) in [5.74, 6) is 0.260. The van der Waals surface area contributed by atoms with Gasteiger partial charge in [0.2, 0.25) is 0 Å². The quantitative estimate of drug-likeness (QED) is 0.145. The van der Waals surface area contributed by atoms with Crippen molar-refractivity contribution in [1.82, 2.24) is 0 Å². The number of hydrogen-bond acceptors (Lipinski definition) is 7. The molecule has 0 bridgehead atoms. The van der Waals surface area contributed by atoms with Crippen molar-refractivity contribution >= 4 is 34.4 Å². The average molecular weight is 471 g/mol. The summed E-state index contributed by atoms with van der Waals surface area (Å²) in [5.41, 5.74) is 5.61. The Morgan fingerprint density at radius 3 is 1.97 bits per heavy atom. The van der Waals surface area contributed by atoms with E-state index in [4.69, 9.17) is 9.47 Å². The van der Waals surface area contributed by atoms with Crippen LogP contribution in [0.3, 0.4) is 0 Å². The van der Waals surface area contributed by atoms with Crippen molar-refractivity contribution in [2.75, 3.05) is 37.5 Å². The third-order valence-electron chi connectivity index (χ3n) is 4.95. The SMILES string of the molecule is C=C(C)C(=O)OCCOc1ccc(C(=C)Nc2ccc(/N=N/c3ccc(N(C)C)cc3)cc2)cc1. The van der Waals surface area contributed by atoms with Gasteiger partial charge in [0.15, 0.2) is 0 Å². The molecule has 0 aliphatic rings. The van der Waals surface area contributed by atoms with Gasteiger partial charge in [-0.1, -0.05) is 13.2 Å². The lowest BCUT2D eigenvalue weighted by atomic mass is 10.1. The predicted octanol–water partition coefficient (Wildman–Crippen LogP) is 6.75. The lowest BCUT2D eigenvalue weighted by Gasteiger charge is -2.12. The second-order valence-corrected chi connectivity index (χ2v) is 8.05. The van der Waals surface area contributed by atoms with E-state index < -0.39 is 5.97 Å². The zero-order chi connectivity index (χ0) is 25.2. The smallest absolute Gasteiger partial charge is 0.333 e. The predicted molar refractivity (Wildman–Crippen MR) is 142 cm³/mol. The summed E-state index contributed by atoms with van der Waals surface area (Å²) in [6.45, 7) is 9.69. The number of esters is 1. The number of benzene rings is 3. The molecule has 0 spiro atoms. The number of hydrogen-bond donors (Lipinski definition) is 1. The van der Waals surface area contributed by atoms with Crippen LogP contribution in [0.5, 0.6) is 5.75 Å². The molecular weight excluding hydrogens is 440 g/mol. The maximum Gasteiger partial charge on any atom is 0.333 e. The third-order valence-corrected chi connectivity index (χ3v) is 4.95. The van der Waals surface area contributed by atoms with E-state index in [1.165, 1.54) is 0 Å². The lowest BCUT2D eigenvalue weighted by molar-refractivity contribution is -0.139. The average Bonchev–Trinajstić information content (AvgIpc) is 2.86. The number of nitrogens with one attached hydrogen (secondary N) is 1. The van der Waals surface area contributed by atoms with E-state index in [-0.39, 0.29) is 13.2 Å². The molecule has 0 atom stereocenters. The fraction of sp³-hybridized carbons (Fsp3) is 0.179. The second kappa shape index (κ2) is 12.2. The first-order valence-corrected chi connectivity index (χ1v) is 11.1. The minimum absolute atomic E-state index is 0.167. The highest BCUT2D eigenvalue weighted by atomic mass is 16.6. The molecule has 0 radical (unpaired) electrons. The van der Waals surface area contributed by atoms with E-state index >= 15 is 0 Å². The van der Waals surface area contributed by atoms with Crippen molar-refractivity contribution in [2.45, 2.75) is 6.92 Å². The molecule has 0 aromatic heterocycles. The molecule has 7 nitrogen and oxygen atoms in total. The molecular formula is C28H30N4O3. The number of carbonyl (C=O) groups is 1. The Balaban J connectivity index is 1.49. The van der Waals surface area contributed by atoms with Gasteiger partial charge in [-0.2, -0.15) is 10.2 Å². The first-order valence-electron chi connectivity index (χ1n) is 11.1. The molecule has 0 unspecified atom stereocenters. The van der Waals surface area contributed by atoms with Crippen LogP contribution >= 0.6 is 0 Å². The van der Waals surface area contributed by atoms with Gasteiger partial charge < -0.3 is 19.7 Å². The first-order chi connectivity index (χ1) is 16.8. The topological polar surface area (TPSA) is 75.5 Å². The van der Waals surface area contributed by atoms with Gasteiger partial charge in [-0.05, 0) is 85.3 Å². The van der Waals surface area contributed by atoms with Crippen LogP contribution in [0.2, 0.25) is 0 Å². The van der Waals surface area contributed by atoms with E-state index in [1.54, 1.807) is 6.92 Å². The molecule has 180 valence electrons. The first kappa shape index (κ1) is 25.2. The number of nitrogens with zero attached hydrogens (tertiary/aromatic N) is 3. The highest BCUT2D eigenvalue weighted by Gasteiger charge is 2.04. The van der Waals surface area contributed by atoms with Gasteiger partial charge in [0.1, 0.15) is 19.0 Å². The van der Waals surface area contributed by atoms with E-state index in [9.17, 15) is 4.79 Å². The monoisotopic (exact) mass is 470 g/mol. The highest BCUT2D eigenvalue weighted by Crippen LogP contribution is 2.24.